The molecule has 3 aliphatic heterocycles. The topological polar surface area (TPSA) is 108 Å². The van der Waals surface area contributed by atoms with Crippen molar-refractivity contribution < 1.29 is 4.74 Å². The minimum Gasteiger partial charge on any atom is -0.373 e. The third kappa shape index (κ3) is 4.81. The Labute approximate surface area is 199 Å². The van der Waals surface area contributed by atoms with Gasteiger partial charge < -0.3 is 20.8 Å². The number of piperidine rings is 1. The van der Waals surface area contributed by atoms with E-state index in [2.05, 4.69) is 61.5 Å². The number of nitrogen functional groups attached to an aromatic ring is 1. The minimum absolute atomic E-state index is 0.0889. The summed E-state index contributed by atoms with van der Waals surface area (Å²) in [6.45, 7) is 7.73. The van der Waals surface area contributed by atoms with E-state index in [4.69, 9.17) is 22.1 Å². The number of nitrogens with zero attached hydrogens (tertiary/aromatic N) is 5. The summed E-state index contributed by atoms with van der Waals surface area (Å²) in [6, 6.07) is 9.00. The molecule has 0 aliphatic carbocycles. The van der Waals surface area contributed by atoms with E-state index >= 15 is 0 Å². The first-order valence-corrected chi connectivity index (χ1v) is 12.1. The third-order valence-corrected chi connectivity index (χ3v) is 7.52. The maximum Gasteiger partial charge on any atom is 0.246 e. The second-order valence-corrected chi connectivity index (χ2v) is 10.2. The van der Waals surface area contributed by atoms with Crippen molar-refractivity contribution in [3.63, 3.8) is 0 Å². The van der Waals surface area contributed by atoms with Gasteiger partial charge in [0.2, 0.25) is 11.9 Å². The summed E-state index contributed by atoms with van der Waals surface area (Å²) in [5.74, 6) is 1.06. The molecule has 1 aromatic heterocycles. The zero-order valence-corrected chi connectivity index (χ0v) is 20.1. The van der Waals surface area contributed by atoms with Gasteiger partial charge in [-0.1, -0.05) is 23.7 Å². The SMILES string of the molecule is CC1=NNC(C)([C@H]2CN(C3CCN(c4n[nH]c(N)n4)CC3)[C@@H](Cc3ccc(Cl)cc3)CO2)C1. The van der Waals surface area contributed by atoms with Gasteiger partial charge in [0, 0.05) is 48.9 Å². The van der Waals surface area contributed by atoms with E-state index in [0.29, 0.717) is 30.6 Å². The van der Waals surface area contributed by atoms with Crippen LogP contribution in [0.25, 0.3) is 0 Å². The number of nitrogens with one attached hydrogen (secondary N) is 2. The lowest BCUT2D eigenvalue weighted by Gasteiger charge is -2.49. The van der Waals surface area contributed by atoms with E-state index < -0.39 is 0 Å². The number of hydrogen-bond acceptors (Lipinski definition) is 8. The molecule has 3 aliphatic rings. The van der Waals surface area contributed by atoms with Crippen molar-refractivity contribution in [3.8, 4) is 0 Å². The number of aromatic nitrogens is 3. The first-order valence-electron chi connectivity index (χ1n) is 11.7. The summed E-state index contributed by atoms with van der Waals surface area (Å²) >= 11 is 6.11. The first-order chi connectivity index (χ1) is 15.9. The van der Waals surface area contributed by atoms with Gasteiger partial charge in [-0.25, -0.2) is 5.10 Å². The van der Waals surface area contributed by atoms with Gasteiger partial charge in [-0.3, -0.25) is 4.90 Å². The van der Waals surface area contributed by atoms with E-state index in [1.165, 1.54) is 5.56 Å². The number of ether oxygens (including phenoxy) is 1. The van der Waals surface area contributed by atoms with Gasteiger partial charge in [-0.2, -0.15) is 10.1 Å². The number of aromatic amines is 1. The van der Waals surface area contributed by atoms with Gasteiger partial charge in [0.25, 0.3) is 0 Å². The monoisotopic (exact) mass is 472 g/mol. The van der Waals surface area contributed by atoms with Crippen LogP contribution in [0.15, 0.2) is 29.4 Å². The molecular formula is C23H33ClN8O. The average molecular weight is 473 g/mol. The predicted molar refractivity (Wildman–Crippen MR) is 131 cm³/mol. The normalized spacial score (nSPS) is 29.2. The molecule has 2 aromatic rings. The van der Waals surface area contributed by atoms with Crippen molar-refractivity contribution in [2.45, 2.75) is 63.3 Å². The molecule has 4 heterocycles. The van der Waals surface area contributed by atoms with Gasteiger partial charge in [-0.15, -0.1) is 5.10 Å². The zero-order valence-electron chi connectivity index (χ0n) is 19.3. The minimum atomic E-state index is -0.162. The Morgan fingerprint density at radius 2 is 2.00 bits per heavy atom. The van der Waals surface area contributed by atoms with E-state index in [-0.39, 0.29) is 11.6 Å². The van der Waals surface area contributed by atoms with E-state index in [1.807, 2.05) is 12.1 Å². The molecule has 178 valence electrons. The van der Waals surface area contributed by atoms with Crippen LogP contribution in [0.3, 0.4) is 0 Å². The largest absolute Gasteiger partial charge is 0.373 e. The molecule has 0 saturated carbocycles. The number of hydrogen-bond donors (Lipinski definition) is 3. The Kier molecular flexibility index (Phi) is 6.20. The summed E-state index contributed by atoms with van der Waals surface area (Å²) in [6.07, 6.45) is 4.06. The Hall–Kier alpha value is -2.36. The fourth-order valence-corrected chi connectivity index (χ4v) is 5.57. The van der Waals surface area contributed by atoms with Crippen molar-refractivity contribution in [1.82, 2.24) is 25.5 Å². The molecule has 1 unspecified atom stereocenters. The van der Waals surface area contributed by atoms with Crippen LogP contribution < -0.4 is 16.1 Å². The molecular weight excluding hydrogens is 440 g/mol. The number of anilines is 2. The van der Waals surface area contributed by atoms with Crippen LogP contribution in [0, 0.1) is 0 Å². The lowest BCUT2D eigenvalue weighted by molar-refractivity contribution is -0.111. The molecule has 3 atom stereocenters. The summed E-state index contributed by atoms with van der Waals surface area (Å²) in [5.41, 5.74) is 11.3. The third-order valence-electron chi connectivity index (χ3n) is 7.26. The van der Waals surface area contributed by atoms with Crippen LogP contribution in [0.1, 0.15) is 38.7 Å². The summed E-state index contributed by atoms with van der Waals surface area (Å²) in [5, 5.41) is 12.2. The molecule has 10 heteroatoms. The van der Waals surface area contributed by atoms with Crippen LogP contribution in [0.4, 0.5) is 11.9 Å². The number of rotatable bonds is 5. The fourth-order valence-electron chi connectivity index (χ4n) is 5.44. The van der Waals surface area contributed by atoms with Crippen molar-refractivity contribution >= 4 is 29.2 Å². The van der Waals surface area contributed by atoms with Crippen LogP contribution in [-0.4, -0.2) is 75.8 Å². The second kappa shape index (κ2) is 9.12. The average Bonchev–Trinajstić information content (AvgIpc) is 3.41. The summed E-state index contributed by atoms with van der Waals surface area (Å²) < 4.78 is 6.48. The second-order valence-electron chi connectivity index (χ2n) is 9.80. The molecule has 5 rings (SSSR count). The number of nitrogens with two attached hydrogens (primary N) is 1. The van der Waals surface area contributed by atoms with Crippen LogP contribution in [0.2, 0.25) is 5.02 Å². The molecule has 0 spiro atoms. The first kappa shape index (κ1) is 22.4. The highest BCUT2D eigenvalue weighted by molar-refractivity contribution is 6.30. The highest BCUT2D eigenvalue weighted by Crippen LogP contribution is 2.32. The molecule has 33 heavy (non-hydrogen) atoms. The quantitative estimate of drug-likeness (QED) is 0.613. The Morgan fingerprint density at radius 1 is 1.24 bits per heavy atom. The Morgan fingerprint density at radius 3 is 2.64 bits per heavy atom. The van der Waals surface area contributed by atoms with Gasteiger partial charge in [-0.05, 0) is 50.8 Å². The molecule has 0 amide bonds. The van der Waals surface area contributed by atoms with Crippen molar-refractivity contribution in [2.24, 2.45) is 5.10 Å². The molecule has 1 aromatic carbocycles. The molecule has 9 nitrogen and oxygen atoms in total. The highest BCUT2D eigenvalue weighted by atomic mass is 35.5. The Bertz CT molecular complexity index is 987. The van der Waals surface area contributed by atoms with Crippen molar-refractivity contribution in [3.05, 3.63) is 34.9 Å². The molecule has 0 radical (unpaired) electrons. The van der Waals surface area contributed by atoms with E-state index in [9.17, 15) is 0 Å². The van der Waals surface area contributed by atoms with Crippen LogP contribution in [0.5, 0.6) is 0 Å². The van der Waals surface area contributed by atoms with E-state index in [1.54, 1.807) is 0 Å². The van der Waals surface area contributed by atoms with Crippen molar-refractivity contribution in [1.29, 1.82) is 0 Å². The number of halogens is 1. The predicted octanol–water partition coefficient (Wildman–Crippen LogP) is 2.45. The maximum absolute atomic E-state index is 6.48. The van der Waals surface area contributed by atoms with Gasteiger partial charge in [0.05, 0.1) is 18.2 Å². The van der Waals surface area contributed by atoms with Crippen LogP contribution in [-0.2, 0) is 11.2 Å². The lowest BCUT2D eigenvalue weighted by atomic mass is 9.87. The fraction of sp³-hybridized carbons (Fsp3) is 0.609. The smallest absolute Gasteiger partial charge is 0.246 e. The molecule has 4 N–H and O–H groups in total. The standard InChI is InChI=1S/C23H33ClN8O/c1-15-12-23(2,30-27-15)20-13-32(19(14-33-20)11-16-3-5-17(24)6-4-16)18-7-9-31(10-8-18)22-26-21(25)28-29-22/h3-6,18-20,30H,7-14H2,1-2H3,(H3,25,26,28,29)/t19-,20+,23?/m0/s1. The van der Waals surface area contributed by atoms with Crippen LogP contribution >= 0.6 is 11.6 Å². The summed E-state index contributed by atoms with van der Waals surface area (Å²) in [4.78, 5) is 9.20. The van der Waals surface area contributed by atoms with Gasteiger partial charge >= 0.3 is 0 Å². The highest BCUT2D eigenvalue weighted by Gasteiger charge is 2.45. The molecule has 2 saturated heterocycles. The molecule has 0 bridgehead atoms. The van der Waals surface area contributed by atoms with Gasteiger partial charge in [0.15, 0.2) is 0 Å². The summed E-state index contributed by atoms with van der Waals surface area (Å²) in [7, 11) is 0. The molecule has 2 fully saturated rings. The number of morpholine rings is 1. The number of H-pyrrole nitrogens is 1. The maximum atomic E-state index is 6.48. The van der Waals surface area contributed by atoms with Gasteiger partial charge in [0.1, 0.15) is 0 Å². The lowest BCUT2D eigenvalue weighted by Crippen LogP contribution is -2.63. The van der Waals surface area contributed by atoms with E-state index in [0.717, 1.165) is 56.1 Å². The van der Waals surface area contributed by atoms with Crippen molar-refractivity contribution in [2.75, 3.05) is 36.9 Å². The number of hydrazone groups is 1. The zero-order chi connectivity index (χ0) is 23.0. The number of benzene rings is 1. The Balaban J connectivity index is 1.30.